The highest BCUT2D eigenvalue weighted by atomic mass is 79.9. The highest BCUT2D eigenvalue weighted by molar-refractivity contribution is 9.10. The molecule has 0 radical (unpaired) electrons. The first kappa shape index (κ1) is 12.0. The fraction of sp³-hybridized carbons (Fsp3) is 0.167. The van der Waals surface area contributed by atoms with Crippen LogP contribution in [0.25, 0.3) is 10.9 Å². The van der Waals surface area contributed by atoms with Gasteiger partial charge in [0.25, 0.3) is 0 Å². The summed E-state index contributed by atoms with van der Waals surface area (Å²) < 4.78 is 0.858. The Hall–Kier alpha value is -1.46. The van der Waals surface area contributed by atoms with Crippen molar-refractivity contribution in [3.05, 3.63) is 40.0 Å². The molecule has 0 bridgehead atoms. The molecule has 0 fully saturated rings. The van der Waals surface area contributed by atoms with E-state index in [1.165, 1.54) is 6.07 Å². The van der Waals surface area contributed by atoms with Crippen molar-refractivity contribution >= 4 is 32.8 Å². The molecular formula is C12H10BrNO3. The van der Waals surface area contributed by atoms with Gasteiger partial charge >= 0.3 is 5.97 Å². The third-order valence-electron chi connectivity index (χ3n) is 2.47. The quantitative estimate of drug-likeness (QED) is 0.894. The van der Waals surface area contributed by atoms with Crippen molar-refractivity contribution in [1.82, 2.24) is 4.98 Å². The van der Waals surface area contributed by atoms with Gasteiger partial charge in [0.15, 0.2) is 0 Å². The van der Waals surface area contributed by atoms with E-state index in [-0.39, 0.29) is 5.69 Å². The van der Waals surface area contributed by atoms with E-state index in [0.29, 0.717) is 11.1 Å². The van der Waals surface area contributed by atoms with Gasteiger partial charge in [0, 0.05) is 9.86 Å². The first-order valence-electron chi connectivity index (χ1n) is 5.00. The van der Waals surface area contributed by atoms with Crippen molar-refractivity contribution in [2.45, 2.75) is 13.0 Å². The van der Waals surface area contributed by atoms with Crippen molar-refractivity contribution in [2.75, 3.05) is 0 Å². The number of aromatic nitrogens is 1. The second-order valence-corrected chi connectivity index (χ2v) is 4.65. The third kappa shape index (κ3) is 2.30. The molecule has 5 heteroatoms. The van der Waals surface area contributed by atoms with E-state index in [1.807, 2.05) is 6.07 Å². The maximum atomic E-state index is 10.9. The van der Waals surface area contributed by atoms with Crippen molar-refractivity contribution in [1.29, 1.82) is 0 Å². The molecular weight excluding hydrogens is 286 g/mol. The van der Waals surface area contributed by atoms with Gasteiger partial charge in [0.2, 0.25) is 0 Å². The van der Waals surface area contributed by atoms with Gasteiger partial charge in [-0.05, 0) is 36.8 Å². The average Bonchev–Trinajstić information content (AvgIpc) is 2.27. The van der Waals surface area contributed by atoms with E-state index in [9.17, 15) is 9.90 Å². The van der Waals surface area contributed by atoms with Crippen LogP contribution in [-0.4, -0.2) is 21.2 Å². The zero-order valence-corrected chi connectivity index (χ0v) is 10.6. The lowest BCUT2D eigenvalue weighted by Crippen LogP contribution is -2.04. The SMILES string of the molecule is CC(O)c1cc(C(=O)O)nc2ccc(Br)cc12. The molecule has 2 rings (SSSR count). The van der Waals surface area contributed by atoms with E-state index in [0.717, 1.165) is 9.86 Å². The number of hydrogen-bond acceptors (Lipinski definition) is 3. The topological polar surface area (TPSA) is 70.4 Å². The fourth-order valence-corrected chi connectivity index (χ4v) is 2.04. The number of hydrogen-bond donors (Lipinski definition) is 2. The molecule has 2 N–H and O–H groups in total. The molecule has 1 atom stereocenters. The third-order valence-corrected chi connectivity index (χ3v) is 2.97. The fourth-order valence-electron chi connectivity index (χ4n) is 1.68. The molecule has 1 aromatic heterocycles. The number of carboxylic acid groups (broad SMARTS) is 1. The normalized spacial score (nSPS) is 12.6. The Morgan fingerprint density at radius 3 is 2.71 bits per heavy atom. The largest absolute Gasteiger partial charge is 0.477 e. The number of rotatable bonds is 2. The van der Waals surface area contributed by atoms with Crippen LogP contribution in [0.15, 0.2) is 28.7 Å². The molecule has 0 aliphatic rings. The number of aromatic carboxylic acids is 1. The number of aliphatic hydroxyl groups excluding tert-OH is 1. The Balaban J connectivity index is 2.81. The highest BCUT2D eigenvalue weighted by Crippen LogP contribution is 2.26. The molecule has 0 saturated heterocycles. The van der Waals surface area contributed by atoms with Crippen LogP contribution in [0.4, 0.5) is 0 Å². The van der Waals surface area contributed by atoms with Gasteiger partial charge in [-0.2, -0.15) is 0 Å². The maximum Gasteiger partial charge on any atom is 0.354 e. The predicted molar refractivity (Wildman–Crippen MR) is 67.0 cm³/mol. The Labute approximate surface area is 106 Å². The average molecular weight is 296 g/mol. The summed E-state index contributed by atoms with van der Waals surface area (Å²) in [6, 6.07) is 6.72. The molecule has 1 aromatic carbocycles. The van der Waals surface area contributed by atoms with Crippen LogP contribution in [0.5, 0.6) is 0 Å². The number of aliphatic hydroxyl groups is 1. The summed E-state index contributed by atoms with van der Waals surface area (Å²) in [5.74, 6) is -1.10. The minimum atomic E-state index is -1.10. The van der Waals surface area contributed by atoms with Gasteiger partial charge in [-0.25, -0.2) is 9.78 Å². The molecule has 2 aromatic rings. The lowest BCUT2D eigenvalue weighted by molar-refractivity contribution is 0.0690. The highest BCUT2D eigenvalue weighted by Gasteiger charge is 2.13. The van der Waals surface area contributed by atoms with Crippen LogP contribution >= 0.6 is 15.9 Å². The van der Waals surface area contributed by atoms with Crippen LogP contribution in [0.1, 0.15) is 29.1 Å². The lowest BCUT2D eigenvalue weighted by atomic mass is 10.0. The van der Waals surface area contributed by atoms with Crippen LogP contribution in [0, 0.1) is 0 Å². The predicted octanol–water partition coefficient (Wildman–Crippen LogP) is 2.75. The first-order valence-corrected chi connectivity index (χ1v) is 5.80. The Morgan fingerprint density at radius 2 is 2.12 bits per heavy atom. The van der Waals surface area contributed by atoms with Gasteiger partial charge in [0.05, 0.1) is 11.6 Å². The van der Waals surface area contributed by atoms with E-state index >= 15 is 0 Å². The molecule has 4 nitrogen and oxygen atoms in total. The van der Waals surface area contributed by atoms with Gasteiger partial charge in [0.1, 0.15) is 5.69 Å². The molecule has 1 heterocycles. The van der Waals surface area contributed by atoms with E-state index < -0.39 is 12.1 Å². The Kier molecular flexibility index (Phi) is 3.13. The Bertz CT molecular complexity index is 596. The lowest BCUT2D eigenvalue weighted by Gasteiger charge is -2.10. The summed E-state index contributed by atoms with van der Waals surface area (Å²) in [7, 11) is 0. The van der Waals surface area contributed by atoms with E-state index in [1.54, 1.807) is 19.1 Å². The van der Waals surface area contributed by atoms with Crippen LogP contribution in [0.3, 0.4) is 0 Å². The van der Waals surface area contributed by atoms with Crippen LogP contribution < -0.4 is 0 Å². The number of halogens is 1. The van der Waals surface area contributed by atoms with Gasteiger partial charge in [-0.15, -0.1) is 0 Å². The number of benzene rings is 1. The number of carbonyl (C=O) groups is 1. The maximum absolute atomic E-state index is 10.9. The van der Waals surface area contributed by atoms with Crippen LogP contribution in [0.2, 0.25) is 0 Å². The minimum absolute atomic E-state index is 0.0595. The van der Waals surface area contributed by atoms with Crippen molar-refractivity contribution < 1.29 is 15.0 Å². The van der Waals surface area contributed by atoms with Crippen molar-refractivity contribution in [3.63, 3.8) is 0 Å². The van der Waals surface area contributed by atoms with E-state index in [4.69, 9.17) is 5.11 Å². The molecule has 0 amide bonds. The zero-order chi connectivity index (χ0) is 12.6. The summed E-state index contributed by atoms with van der Waals surface area (Å²) in [5, 5.41) is 19.4. The summed E-state index contributed by atoms with van der Waals surface area (Å²) >= 11 is 3.34. The number of nitrogens with zero attached hydrogens (tertiary/aromatic N) is 1. The van der Waals surface area contributed by atoms with Crippen LogP contribution in [-0.2, 0) is 0 Å². The van der Waals surface area contributed by atoms with Crippen molar-refractivity contribution in [3.8, 4) is 0 Å². The molecule has 1 unspecified atom stereocenters. The molecule has 0 spiro atoms. The van der Waals surface area contributed by atoms with Crippen molar-refractivity contribution in [2.24, 2.45) is 0 Å². The molecule has 0 aliphatic heterocycles. The summed E-state index contributed by atoms with van der Waals surface area (Å²) in [5.41, 5.74) is 1.06. The summed E-state index contributed by atoms with van der Waals surface area (Å²) in [4.78, 5) is 15.0. The molecule has 0 aliphatic carbocycles. The summed E-state index contributed by atoms with van der Waals surface area (Å²) in [6.45, 7) is 1.60. The number of carboxylic acids is 1. The summed E-state index contributed by atoms with van der Waals surface area (Å²) in [6.07, 6.45) is -0.743. The second kappa shape index (κ2) is 4.43. The Morgan fingerprint density at radius 1 is 1.41 bits per heavy atom. The number of fused-ring (bicyclic) bond motifs is 1. The second-order valence-electron chi connectivity index (χ2n) is 3.74. The zero-order valence-electron chi connectivity index (χ0n) is 9.01. The van der Waals surface area contributed by atoms with Gasteiger partial charge in [-0.3, -0.25) is 0 Å². The molecule has 17 heavy (non-hydrogen) atoms. The van der Waals surface area contributed by atoms with Gasteiger partial charge in [-0.1, -0.05) is 15.9 Å². The smallest absolute Gasteiger partial charge is 0.354 e. The molecule has 0 saturated carbocycles. The number of pyridine rings is 1. The standard InChI is InChI=1S/C12H10BrNO3/c1-6(15)8-5-11(12(16)17)14-10-3-2-7(13)4-9(8)10/h2-6,15H,1H3,(H,16,17). The van der Waals surface area contributed by atoms with Gasteiger partial charge < -0.3 is 10.2 Å². The minimum Gasteiger partial charge on any atom is -0.477 e. The first-order chi connectivity index (χ1) is 7.99. The molecule has 88 valence electrons. The van der Waals surface area contributed by atoms with E-state index in [2.05, 4.69) is 20.9 Å². The monoisotopic (exact) mass is 295 g/mol.